The van der Waals surface area contributed by atoms with E-state index in [1.165, 1.54) is 32.8 Å². The molecule has 3 rings (SSSR count). The van der Waals surface area contributed by atoms with Crippen molar-refractivity contribution in [3.05, 3.63) is 32.7 Å². The molecule has 3 nitrogen and oxygen atoms in total. The number of rotatable bonds is 4. The lowest BCUT2D eigenvalue weighted by Gasteiger charge is -2.02. The lowest BCUT2D eigenvalue weighted by Crippen LogP contribution is -2.14. The summed E-state index contributed by atoms with van der Waals surface area (Å²) in [5, 5.41) is 7.75. The van der Waals surface area contributed by atoms with E-state index in [1.807, 2.05) is 0 Å². The van der Waals surface area contributed by atoms with Crippen LogP contribution in [-0.4, -0.2) is 15.6 Å². The molecular formula is C12H12IN3S. The zero-order chi connectivity index (χ0) is 11.7. The van der Waals surface area contributed by atoms with Gasteiger partial charge in [-0.25, -0.2) is 0 Å². The van der Waals surface area contributed by atoms with E-state index in [4.69, 9.17) is 0 Å². The number of nitrogens with zero attached hydrogens (tertiary/aromatic N) is 2. The third kappa shape index (κ3) is 2.83. The van der Waals surface area contributed by atoms with Crippen LogP contribution in [0.15, 0.2) is 24.3 Å². The van der Waals surface area contributed by atoms with Gasteiger partial charge in [-0.05, 0) is 59.1 Å². The summed E-state index contributed by atoms with van der Waals surface area (Å²) in [5.41, 5.74) is 2.19. The Bertz CT molecular complexity index is 505. The van der Waals surface area contributed by atoms with Gasteiger partial charge in [0.15, 0.2) is 0 Å². The van der Waals surface area contributed by atoms with Gasteiger partial charge in [0, 0.05) is 21.7 Å². The normalized spacial score (nSPS) is 15.1. The summed E-state index contributed by atoms with van der Waals surface area (Å²) in [6.45, 7) is 0.893. The highest BCUT2D eigenvalue weighted by Crippen LogP contribution is 2.26. The van der Waals surface area contributed by atoms with Crippen molar-refractivity contribution >= 4 is 34.1 Å². The first-order valence-corrected chi connectivity index (χ1v) is 7.49. The molecule has 5 heteroatoms. The Balaban J connectivity index is 1.81. The third-order valence-electron chi connectivity index (χ3n) is 2.80. The zero-order valence-electron chi connectivity index (χ0n) is 9.19. The van der Waals surface area contributed by atoms with Crippen molar-refractivity contribution in [3.8, 4) is 11.3 Å². The molecule has 1 aromatic carbocycles. The van der Waals surface area contributed by atoms with E-state index in [0.29, 0.717) is 0 Å². The summed E-state index contributed by atoms with van der Waals surface area (Å²) in [6, 6.07) is 9.15. The Morgan fingerprint density at radius 2 is 2.06 bits per heavy atom. The molecule has 0 saturated heterocycles. The highest BCUT2D eigenvalue weighted by molar-refractivity contribution is 14.1. The van der Waals surface area contributed by atoms with Gasteiger partial charge >= 0.3 is 0 Å². The van der Waals surface area contributed by atoms with Crippen LogP contribution in [0.25, 0.3) is 11.3 Å². The summed E-state index contributed by atoms with van der Waals surface area (Å²) in [6.07, 6.45) is 2.62. The second-order valence-corrected chi connectivity index (χ2v) is 6.29. The lowest BCUT2D eigenvalue weighted by molar-refractivity contribution is 0.695. The minimum absolute atomic E-state index is 0.724. The van der Waals surface area contributed by atoms with Crippen LogP contribution in [0.4, 0.5) is 0 Å². The molecule has 1 heterocycles. The van der Waals surface area contributed by atoms with Crippen molar-refractivity contribution in [2.24, 2.45) is 0 Å². The molecular weight excluding hydrogens is 345 g/mol. The van der Waals surface area contributed by atoms with E-state index in [2.05, 4.69) is 61.8 Å². The Labute approximate surface area is 118 Å². The maximum atomic E-state index is 4.24. The van der Waals surface area contributed by atoms with Crippen LogP contribution in [0.3, 0.4) is 0 Å². The molecule has 0 amide bonds. The maximum absolute atomic E-state index is 4.24. The Kier molecular flexibility index (Phi) is 3.39. The Morgan fingerprint density at radius 3 is 2.76 bits per heavy atom. The molecule has 17 heavy (non-hydrogen) atoms. The second-order valence-electron chi connectivity index (χ2n) is 4.21. The number of hydrogen-bond donors (Lipinski definition) is 1. The SMILES string of the molecule is Ic1ccc(-c2nnsc2CNC2CC2)cc1. The zero-order valence-corrected chi connectivity index (χ0v) is 12.2. The summed E-state index contributed by atoms with van der Waals surface area (Å²) >= 11 is 3.80. The predicted octanol–water partition coefficient (Wildman–Crippen LogP) is 3.06. The fourth-order valence-corrected chi connectivity index (χ4v) is 2.65. The molecule has 2 aromatic rings. The van der Waals surface area contributed by atoms with Gasteiger partial charge in [0.1, 0.15) is 5.69 Å². The number of halogens is 1. The minimum Gasteiger partial charge on any atom is -0.309 e. The van der Waals surface area contributed by atoms with Crippen LogP contribution in [0.2, 0.25) is 0 Å². The molecule has 0 aliphatic heterocycles. The average Bonchev–Trinajstić information content (AvgIpc) is 3.06. The summed E-state index contributed by atoms with van der Waals surface area (Å²) in [5.74, 6) is 0. The number of hydrogen-bond acceptors (Lipinski definition) is 4. The van der Waals surface area contributed by atoms with Gasteiger partial charge in [-0.15, -0.1) is 5.10 Å². The number of benzene rings is 1. The van der Waals surface area contributed by atoms with Crippen LogP contribution in [-0.2, 0) is 6.54 Å². The van der Waals surface area contributed by atoms with Crippen molar-refractivity contribution in [2.45, 2.75) is 25.4 Å². The van der Waals surface area contributed by atoms with Crippen LogP contribution in [0.5, 0.6) is 0 Å². The van der Waals surface area contributed by atoms with Crippen molar-refractivity contribution < 1.29 is 0 Å². The van der Waals surface area contributed by atoms with Gasteiger partial charge in [-0.3, -0.25) is 0 Å². The van der Waals surface area contributed by atoms with E-state index < -0.39 is 0 Å². The second kappa shape index (κ2) is 4.99. The third-order valence-corrected chi connectivity index (χ3v) is 4.24. The largest absolute Gasteiger partial charge is 0.309 e. The van der Waals surface area contributed by atoms with Crippen LogP contribution in [0, 0.1) is 3.57 Å². The van der Waals surface area contributed by atoms with E-state index in [1.54, 1.807) is 0 Å². The molecule has 1 aliphatic rings. The summed E-state index contributed by atoms with van der Waals surface area (Å²) in [7, 11) is 0. The minimum atomic E-state index is 0.724. The molecule has 1 aromatic heterocycles. The highest BCUT2D eigenvalue weighted by atomic mass is 127. The molecule has 1 saturated carbocycles. The van der Waals surface area contributed by atoms with Crippen molar-refractivity contribution in [1.29, 1.82) is 0 Å². The average molecular weight is 357 g/mol. The summed E-state index contributed by atoms with van der Waals surface area (Å²) in [4.78, 5) is 1.23. The number of nitrogens with one attached hydrogen (secondary N) is 1. The maximum Gasteiger partial charge on any atom is 0.110 e. The van der Waals surface area contributed by atoms with Gasteiger partial charge in [-0.1, -0.05) is 16.6 Å². The van der Waals surface area contributed by atoms with E-state index in [9.17, 15) is 0 Å². The first-order valence-electron chi connectivity index (χ1n) is 5.63. The van der Waals surface area contributed by atoms with E-state index in [-0.39, 0.29) is 0 Å². The highest BCUT2D eigenvalue weighted by Gasteiger charge is 2.21. The van der Waals surface area contributed by atoms with Gasteiger partial charge in [0.25, 0.3) is 0 Å². The van der Waals surface area contributed by atoms with Crippen molar-refractivity contribution in [1.82, 2.24) is 14.9 Å². The van der Waals surface area contributed by atoms with Gasteiger partial charge in [0.2, 0.25) is 0 Å². The van der Waals surface area contributed by atoms with Crippen molar-refractivity contribution in [3.63, 3.8) is 0 Å². The standard InChI is InChI=1S/C12H12IN3S/c13-9-3-1-8(2-4-9)12-11(17-16-15-12)7-14-10-5-6-10/h1-4,10,14H,5-7H2. The Morgan fingerprint density at radius 1 is 1.29 bits per heavy atom. The molecule has 0 radical (unpaired) electrons. The molecule has 1 aliphatic carbocycles. The first-order chi connectivity index (χ1) is 8.33. The molecule has 0 spiro atoms. The molecule has 0 unspecified atom stereocenters. The van der Waals surface area contributed by atoms with Crippen LogP contribution >= 0.6 is 34.1 Å². The topological polar surface area (TPSA) is 37.8 Å². The van der Waals surface area contributed by atoms with Gasteiger partial charge in [0.05, 0.1) is 4.88 Å². The van der Waals surface area contributed by atoms with Crippen LogP contribution in [0.1, 0.15) is 17.7 Å². The molecule has 0 atom stereocenters. The van der Waals surface area contributed by atoms with Gasteiger partial charge < -0.3 is 5.32 Å². The fourth-order valence-electron chi connectivity index (χ4n) is 1.68. The smallest absolute Gasteiger partial charge is 0.110 e. The quantitative estimate of drug-likeness (QED) is 0.855. The van der Waals surface area contributed by atoms with Crippen molar-refractivity contribution in [2.75, 3.05) is 0 Å². The van der Waals surface area contributed by atoms with Gasteiger partial charge in [-0.2, -0.15) is 0 Å². The first kappa shape index (κ1) is 11.6. The van der Waals surface area contributed by atoms with Crippen LogP contribution < -0.4 is 5.32 Å². The summed E-state index contributed by atoms with van der Waals surface area (Å²) < 4.78 is 5.31. The predicted molar refractivity (Wildman–Crippen MR) is 77.9 cm³/mol. The lowest BCUT2D eigenvalue weighted by atomic mass is 10.1. The van der Waals surface area contributed by atoms with E-state index in [0.717, 1.165) is 23.8 Å². The molecule has 1 N–H and O–H groups in total. The Hall–Kier alpha value is -0.530. The fraction of sp³-hybridized carbons (Fsp3) is 0.333. The molecule has 1 fully saturated rings. The molecule has 0 bridgehead atoms. The van der Waals surface area contributed by atoms with E-state index >= 15 is 0 Å². The molecule has 88 valence electrons. The number of aromatic nitrogens is 2. The monoisotopic (exact) mass is 357 g/mol.